The number of benzene rings is 1. The number of amides is 1. The van der Waals surface area contributed by atoms with E-state index in [1.165, 1.54) is 11.8 Å². The summed E-state index contributed by atoms with van der Waals surface area (Å²) in [6, 6.07) is 3.57. The number of ether oxygens (including phenoxy) is 3. The highest BCUT2D eigenvalue weighted by Crippen LogP contribution is 2.40. The quantitative estimate of drug-likeness (QED) is 0.683. The molecule has 7 heteroatoms. The van der Waals surface area contributed by atoms with Crippen LogP contribution < -0.4 is 19.5 Å². The number of carbonyl (C=O) groups is 1. The van der Waals surface area contributed by atoms with Crippen LogP contribution in [0.25, 0.3) is 6.08 Å². The van der Waals surface area contributed by atoms with Crippen molar-refractivity contribution in [1.29, 1.82) is 0 Å². The third-order valence-electron chi connectivity index (χ3n) is 2.73. The van der Waals surface area contributed by atoms with Crippen LogP contribution in [0.15, 0.2) is 17.0 Å². The number of thiocarbonyl (C=S) groups is 1. The van der Waals surface area contributed by atoms with Gasteiger partial charge in [0, 0.05) is 11.6 Å². The number of thioether (sulfide) groups is 1. The zero-order valence-electron chi connectivity index (χ0n) is 10.6. The minimum absolute atomic E-state index is 0.194. The Morgan fingerprint density at radius 1 is 1.45 bits per heavy atom. The minimum Gasteiger partial charge on any atom is -0.493 e. The van der Waals surface area contributed by atoms with Crippen molar-refractivity contribution in [2.24, 2.45) is 0 Å². The predicted octanol–water partition coefficient (Wildman–Crippen LogP) is 2.30. The van der Waals surface area contributed by atoms with Crippen molar-refractivity contribution in [3.63, 3.8) is 0 Å². The van der Waals surface area contributed by atoms with Crippen molar-refractivity contribution in [2.75, 3.05) is 13.4 Å². The van der Waals surface area contributed by atoms with Gasteiger partial charge in [0.2, 0.25) is 6.79 Å². The summed E-state index contributed by atoms with van der Waals surface area (Å²) in [4.78, 5) is 12.2. The maximum Gasteiger partial charge on any atom is 0.263 e. The van der Waals surface area contributed by atoms with Gasteiger partial charge in [-0.15, -0.1) is 0 Å². The molecule has 0 spiro atoms. The van der Waals surface area contributed by atoms with Crippen LogP contribution in [0.2, 0.25) is 0 Å². The summed E-state index contributed by atoms with van der Waals surface area (Å²) in [5.41, 5.74) is 0.762. The zero-order valence-corrected chi connectivity index (χ0v) is 12.2. The van der Waals surface area contributed by atoms with E-state index in [9.17, 15) is 4.79 Å². The topological polar surface area (TPSA) is 56.8 Å². The van der Waals surface area contributed by atoms with E-state index in [0.29, 0.717) is 33.1 Å². The lowest BCUT2D eigenvalue weighted by molar-refractivity contribution is -0.115. The van der Waals surface area contributed by atoms with Gasteiger partial charge in [-0.25, -0.2) is 0 Å². The van der Waals surface area contributed by atoms with E-state index < -0.39 is 0 Å². The standard InChI is InChI=1S/C13H11NO4S2/c1-2-16-8-5-10-9(17-6-18-10)3-7(8)4-11-12(15)14-13(19)20-11/h3-5H,2,6H2,1H3,(H,14,15,19)/b11-4-. The van der Waals surface area contributed by atoms with Crippen molar-refractivity contribution in [1.82, 2.24) is 5.32 Å². The lowest BCUT2D eigenvalue weighted by Gasteiger charge is -2.09. The molecular weight excluding hydrogens is 298 g/mol. The average Bonchev–Trinajstić information content (AvgIpc) is 2.97. The second kappa shape index (κ2) is 5.34. The van der Waals surface area contributed by atoms with Crippen LogP contribution in [-0.2, 0) is 4.79 Å². The number of nitrogens with one attached hydrogen (secondary N) is 1. The summed E-state index contributed by atoms with van der Waals surface area (Å²) in [7, 11) is 0. The first kappa shape index (κ1) is 13.3. The molecule has 1 fully saturated rings. The third-order valence-corrected chi connectivity index (χ3v) is 3.90. The smallest absolute Gasteiger partial charge is 0.263 e. The van der Waals surface area contributed by atoms with Crippen molar-refractivity contribution < 1.29 is 19.0 Å². The summed E-state index contributed by atoms with van der Waals surface area (Å²) in [6.07, 6.45) is 1.74. The van der Waals surface area contributed by atoms with Gasteiger partial charge in [-0.3, -0.25) is 4.79 Å². The van der Waals surface area contributed by atoms with Crippen molar-refractivity contribution in [3.05, 3.63) is 22.6 Å². The Morgan fingerprint density at radius 2 is 2.20 bits per heavy atom. The van der Waals surface area contributed by atoms with Gasteiger partial charge in [-0.1, -0.05) is 24.0 Å². The van der Waals surface area contributed by atoms with E-state index in [0.717, 1.165) is 5.56 Å². The molecule has 0 aliphatic carbocycles. The molecular formula is C13H11NO4S2. The molecule has 20 heavy (non-hydrogen) atoms. The molecule has 2 aliphatic rings. The fourth-order valence-corrected chi connectivity index (χ4v) is 2.93. The van der Waals surface area contributed by atoms with Gasteiger partial charge < -0.3 is 19.5 Å². The van der Waals surface area contributed by atoms with Gasteiger partial charge in [-0.2, -0.15) is 0 Å². The fraction of sp³-hybridized carbons (Fsp3) is 0.231. The molecule has 1 amide bonds. The average molecular weight is 309 g/mol. The number of hydrogen-bond acceptors (Lipinski definition) is 6. The number of fused-ring (bicyclic) bond motifs is 1. The maximum atomic E-state index is 11.7. The molecule has 0 unspecified atom stereocenters. The van der Waals surface area contributed by atoms with Crippen LogP contribution in [0.3, 0.4) is 0 Å². The summed E-state index contributed by atoms with van der Waals surface area (Å²) < 4.78 is 16.7. The number of carbonyl (C=O) groups excluding carboxylic acids is 1. The molecule has 0 radical (unpaired) electrons. The fourth-order valence-electron chi connectivity index (χ4n) is 1.89. The highest BCUT2D eigenvalue weighted by Gasteiger charge is 2.24. The maximum absolute atomic E-state index is 11.7. The van der Waals surface area contributed by atoms with Crippen molar-refractivity contribution >= 4 is 40.3 Å². The molecule has 0 bridgehead atoms. The lowest BCUT2D eigenvalue weighted by atomic mass is 10.1. The SMILES string of the molecule is CCOc1cc2c(cc1/C=C1\SC(=S)NC1=O)OCO2. The molecule has 3 rings (SSSR count). The van der Waals surface area contributed by atoms with Crippen LogP contribution in [0.4, 0.5) is 0 Å². The molecule has 1 aromatic carbocycles. The lowest BCUT2D eigenvalue weighted by Crippen LogP contribution is -2.17. The molecule has 1 aromatic rings. The van der Waals surface area contributed by atoms with Crippen LogP contribution in [-0.4, -0.2) is 23.6 Å². The second-order valence-corrected chi connectivity index (χ2v) is 5.75. The van der Waals surface area contributed by atoms with Crippen molar-refractivity contribution in [2.45, 2.75) is 6.92 Å². The van der Waals surface area contributed by atoms with Crippen molar-refractivity contribution in [3.8, 4) is 17.2 Å². The second-order valence-electron chi connectivity index (χ2n) is 4.03. The molecule has 2 aliphatic heterocycles. The summed E-state index contributed by atoms with van der Waals surface area (Å²) >= 11 is 6.20. The van der Waals surface area contributed by atoms with E-state index in [4.69, 9.17) is 26.4 Å². The first-order valence-corrected chi connectivity index (χ1v) is 7.21. The number of rotatable bonds is 3. The van der Waals surface area contributed by atoms with Crippen LogP contribution in [0, 0.1) is 0 Å². The largest absolute Gasteiger partial charge is 0.493 e. The summed E-state index contributed by atoms with van der Waals surface area (Å²) in [6.45, 7) is 2.61. The van der Waals surface area contributed by atoms with E-state index in [-0.39, 0.29) is 12.7 Å². The van der Waals surface area contributed by atoms with E-state index in [1.54, 1.807) is 18.2 Å². The first-order chi connectivity index (χ1) is 9.67. The molecule has 0 aromatic heterocycles. The van der Waals surface area contributed by atoms with Crippen LogP contribution in [0.1, 0.15) is 12.5 Å². The van der Waals surface area contributed by atoms with Gasteiger partial charge in [0.1, 0.15) is 10.1 Å². The molecule has 1 saturated heterocycles. The van der Waals surface area contributed by atoms with E-state index in [2.05, 4.69) is 5.32 Å². The van der Waals surface area contributed by atoms with Gasteiger partial charge in [0.05, 0.1) is 11.5 Å². The van der Waals surface area contributed by atoms with Gasteiger partial charge in [0.25, 0.3) is 5.91 Å². The normalized spacial score (nSPS) is 18.6. The Bertz CT molecular complexity index is 627. The Hall–Kier alpha value is -1.73. The minimum atomic E-state index is -0.194. The van der Waals surface area contributed by atoms with Crippen LogP contribution >= 0.6 is 24.0 Å². The van der Waals surface area contributed by atoms with E-state index >= 15 is 0 Å². The van der Waals surface area contributed by atoms with Gasteiger partial charge in [0.15, 0.2) is 11.5 Å². The molecule has 5 nitrogen and oxygen atoms in total. The monoisotopic (exact) mass is 309 g/mol. The molecule has 0 saturated carbocycles. The Balaban J connectivity index is 2.01. The first-order valence-electron chi connectivity index (χ1n) is 5.98. The third kappa shape index (κ3) is 2.46. The Morgan fingerprint density at radius 3 is 2.85 bits per heavy atom. The summed E-state index contributed by atoms with van der Waals surface area (Å²) in [5, 5.41) is 2.58. The van der Waals surface area contributed by atoms with Crippen LogP contribution in [0.5, 0.6) is 17.2 Å². The number of hydrogen-bond donors (Lipinski definition) is 1. The zero-order chi connectivity index (χ0) is 14.1. The highest BCUT2D eigenvalue weighted by molar-refractivity contribution is 8.26. The van der Waals surface area contributed by atoms with Gasteiger partial charge in [-0.05, 0) is 19.1 Å². The molecule has 1 N–H and O–H groups in total. The molecule has 2 heterocycles. The van der Waals surface area contributed by atoms with Gasteiger partial charge >= 0.3 is 0 Å². The highest BCUT2D eigenvalue weighted by atomic mass is 32.2. The molecule has 104 valence electrons. The Labute approximate surface area is 125 Å². The molecule has 0 atom stereocenters. The summed E-state index contributed by atoms with van der Waals surface area (Å²) in [5.74, 6) is 1.75. The predicted molar refractivity (Wildman–Crippen MR) is 80.0 cm³/mol. The van der Waals surface area contributed by atoms with E-state index in [1.807, 2.05) is 6.92 Å². The Kier molecular flexibility index (Phi) is 3.54.